The molecule has 1 spiro atoms. The molecule has 0 bridgehead atoms. The second kappa shape index (κ2) is 6.51. The molecule has 31 heavy (non-hydrogen) atoms. The smallest absolute Gasteiger partial charge is 0.339 e. The number of pyridine rings is 1. The summed E-state index contributed by atoms with van der Waals surface area (Å²) in [6.07, 6.45) is 5.94. The number of benzene rings is 2. The maximum Gasteiger partial charge on any atom is 0.339 e. The van der Waals surface area contributed by atoms with Crippen LogP contribution in [0, 0.1) is 0 Å². The van der Waals surface area contributed by atoms with E-state index in [9.17, 15) is 9.59 Å². The van der Waals surface area contributed by atoms with Crippen molar-refractivity contribution in [2.24, 2.45) is 0 Å². The normalized spacial score (nSPS) is 23.0. The number of fused-ring (bicyclic) bond motifs is 2. The van der Waals surface area contributed by atoms with Gasteiger partial charge in [-0.15, -0.1) is 0 Å². The fourth-order valence-electron chi connectivity index (χ4n) is 5.18. The van der Waals surface area contributed by atoms with Crippen molar-refractivity contribution in [1.82, 2.24) is 9.88 Å². The van der Waals surface area contributed by atoms with Gasteiger partial charge in [0.2, 0.25) is 5.91 Å². The summed E-state index contributed by atoms with van der Waals surface area (Å²) < 4.78 is 5.83. The van der Waals surface area contributed by atoms with Gasteiger partial charge in [-0.25, -0.2) is 4.79 Å². The summed E-state index contributed by atoms with van der Waals surface area (Å²) in [5.41, 5.74) is 3.71. The van der Waals surface area contributed by atoms with E-state index in [-0.39, 0.29) is 11.9 Å². The summed E-state index contributed by atoms with van der Waals surface area (Å²) in [6, 6.07) is 19.8. The largest absolute Gasteiger partial charge is 0.449 e. The molecule has 3 heterocycles. The first-order chi connectivity index (χ1) is 15.1. The fourth-order valence-corrected chi connectivity index (χ4v) is 5.18. The molecule has 6 rings (SSSR count). The molecule has 3 aliphatic rings. The molecule has 2 aromatic carbocycles. The van der Waals surface area contributed by atoms with Gasteiger partial charge in [-0.2, -0.15) is 0 Å². The standard InChI is InChI=1S/C26H22N2O3/c29-23-21-3-1-2-4-22(21)26(31-23)13-16-28(17-26)24(30)25(11-12-25)20-7-5-18(6-8-20)19-9-14-27-15-10-19/h1-10,14-15H,11-13,16-17H2. The van der Waals surface area contributed by atoms with Crippen LogP contribution in [0.4, 0.5) is 0 Å². The molecule has 0 radical (unpaired) electrons. The Morgan fingerprint density at radius 1 is 0.903 bits per heavy atom. The SMILES string of the molecule is O=C1OC2(CCN(C(=O)C3(c4ccc(-c5ccncc5)cc4)CC3)C2)c2ccccc21. The molecule has 154 valence electrons. The third-order valence-electron chi connectivity index (χ3n) is 7.06. The van der Waals surface area contributed by atoms with Crippen LogP contribution in [0.2, 0.25) is 0 Å². The first-order valence-corrected chi connectivity index (χ1v) is 10.7. The molecule has 2 aliphatic heterocycles. The van der Waals surface area contributed by atoms with E-state index in [1.54, 1.807) is 12.4 Å². The van der Waals surface area contributed by atoms with Gasteiger partial charge in [-0.05, 0) is 47.7 Å². The van der Waals surface area contributed by atoms with Crippen LogP contribution in [0.25, 0.3) is 11.1 Å². The average Bonchev–Trinajstić information content (AvgIpc) is 3.46. The van der Waals surface area contributed by atoms with Crippen LogP contribution >= 0.6 is 0 Å². The number of likely N-dealkylation sites (tertiary alicyclic amines) is 1. The highest BCUT2D eigenvalue weighted by atomic mass is 16.6. The predicted molar refractivity (Wildman–Crippen MR) is 115 cm³/mol. The Morgan fingerprint density at radius 2 is 1.61 bits per heavy atom. The predicted octanol–water partition coefficient (Wildman–Crippen LogP) is 4.08. The van der Waals surface area contributed by atoms with Crippen LogP contribution in [-0.2, 0) is 20.5 Å². The summed E-state index contributed by atoms with van der Waals surface area (Å²) in [6.45, 7) is 1.04. The zero-order valence-corrected chi connectivity index (χ0v) is 17.1. The molecule has 1 saturated heterocycles. The quantitative estimate of drug-likeness (QED) is 0.611. The molecule has 1 aliphatic carbocycles. The minimum atomic E-state index is -0.690. The van der Waals surface area contributed by atoms with Crippen LogP contribution in [0.5, 0.6) is 0 Å². The van der Waals surface area contributed by atoms with E-state index in [1.807, 2.05) is 41.3 Å². The molecular formula is C26H22N2O3. The molecule has 0 N–H and O–H groups in total. The molecule has 1 amide bonds. The van der Waals surface area contributed by atoms with Crippen molar-refractivity contribution in [1.29, 1.82) is 0 Å². The topological polar surface area (TPSA) is 59.5 Å². The van der Waals surface area contributed by atoms with Gasteiger partial charge < -0.3 is 9.64 Å². The first kappa shape index (κ1) is 18.3. The number of hydrogen-bond donors (Lipinski definition) is 0. The summed E-state index contributed by atoms with van der Waals surface area (Å²) in [7, 11) is 0. The van der Waals surface area contributed by atoms with Crippen LogP contribution in [0.15, 0.2) is 73.1 Å². The number of amides is 1. The van der Waals surface area contributed by atoms with Crippen molar-refractivity contribution in [3.8, 4) is 11.1 Å². The first-order valence-electron chi connectivity index (χ1n) is 10.7. The van der Waals surface area contributed by atoms with Gasteiger partial charge in [0.1, 0.15) is 0 Å². The summed E-state index contributed by atoms with van der Waals surface area (Å²) in [4.78, 5) is 31.9. The third-order valence-corrected chi connectivity index (χ3v) is 7.06. The number of carbonyl (C=O) groups excluding carboxylic acids is 2. The van der Waals surface area contributed by atoms with E-state index < -0.39 is 11.0 Å². The Bertz CT molecular complexity index is 1180. The van der Waals surface area contributed by atoms with E-state index in [2.05, 4.69) is 29.2 Å². The van der Waals surface area contributed by atoms with Crippen molar-refractivity contribution < 1.29 is 14.3 Å². The van der Waals surface area contributed by atoms with Crippen molar-refractivity contribution in [3.05, 3.63) is 89.7 Å². The number of hydrogen-bond acceptors (Lipinski definition) is 4. The summed E-state index contributed by atoms with van der Waals surface area (Å²) in [5, 5.41) is 0. The molecule has 1 saturated carbocycles. The second-order valence-electron chi connectivity index (χ2n) is 8.80. The van der Waals surface area contributed by atoms with Crippen molar-refractivity contribution in [2.75, 3.05) is 13.1 Å². The second-order valence-corrected chi connectivity index (χ2v) is 8.80. The van der Waals surface area contributed by atoms with Crippen LogP contribution in [0.1, 0.15) is 40.7 Å². The minimum absolute atomic E-state index is 0.154. The monoisotopic (exact) mass is 410 g/mol. The number of ether oxygens (including phenoxy) is 1. The number of aromatic nitrogens is 1. The van der Waals surface area contributed by atoms with Crippen LogP contribution in [-0.4, -0.2) is 34.8 Å². The zero-order chi connectivity index (χ0) is 21.1. The van der Waals surface area contributed by atoms with Crippen LogP contribution in [0.3, 0.4) is 0 Å². The third kappa shape index (κ3) is 2.73. The molecule has 3 aromatic rings. The van der Waals surface area contributed by atoms with Crippen LogP contribution < -0.4 is 0 Å². The highest BCUT2D eigenvalue weighted by Gasteiger charge is 2.57. The van der Waals surface area contributed by atoms with E-state index in [0.717, 1.165) is 35.1 Å². The van der Waals surface area contributed by atoms with Crippen molar-refractivity contribution in [3.63, 3.8) is 0 Å². The fraction of sp³-hybridized carbons (Fsp3) is 0.269. The van der Waals surface area contributed by atoms with Gasteiger partial charge in [-0.1, -0.05) is 42.5 Å². The van der Waals surface area contributed by atoms with Crippen molar-refractivity contribution in [2.45, 2.75) is 30.3 Å². The Labute approximate surface area is 180 Å². The Balaban J connectivity index is 1.25. The molecule has 2 fully saturated rings. The Hall–Kier alpha value is -3.47. The summed E-state index contributed by atoms with van der Waals surface area (Å²) in [5.74, 6) is -0.126. The molecule has 5 nitrogen and oxygen atoms in total. The highest BCUT2D eigenvalue weighted by Crippen LogP contribution is 2.52. The number of esters is 1. The Morgan fingerprint density at radius 3 is 2.35 bits per heavy atom. The number of nitrogens with zero attached hydrogens (tertiary/aromatic N) is 2. The maximum absolute atomic E-state index is 13.6. The van der Waals surface area contributed by atoms with E-state index >= 15 is 0 Å². The molecule has 1 unspecified atom stereocenters. The highest BCUT2D eigenvalue weighted by molar-refractivity contribution is 5.96. The summed E-state index contributed by atoms with van der Waals surface area (Å²) >= 11 is 0. The molecule has 5 heteroatoms. The lowest BCUT2D eigenvalue weighted by Crippen LogP contribution is -2.40. The minimum Gasteiger partial charge on any atom is -0.449 e. The molecule has 1 atom stereocenters. The maximum atomic E-state index is 13.6. The lowest BCUT2D eigenvalue weighted by Gasteiger charge is -2.27. The van der Waals surface area contributed by atoms with Gasteiger partial charge in [-0.3, -0.25) is 9.78 Å². The zero-order valence-electron chi connectivity index (χ0n) is 17.1. The van der Waals surface area contributed by atoms with Crippen molar-refractivity contribution >= 4 is 11.9 Å². The number of carbonyl (C=O) groups is 2. The van der Waals surface area contributed by atoms with Gasteiger partial charge in [0.25, 0.3) is 0 Å². The average molecular weight is 410 g/mol. The van der Waals surface area contributed by atoms with Gasteiger partial charge in [0.15, 0.2) is 5.60 Å². The molecular weight excluding hydrogens is 388 g/mol. The van der Waals surface area contributed by atoms with Gasteiger partial charge >= 0.3 is 5.97 Å². The van der Waals surface area contributed by atoms with E-state index in [1.165, 1.54) is 0 Å². The lowest BCUT2D eigenvalue weighted by atomic mass is 9.91. The molecule has 1 aromatic heterocycles. The Kier molecular flexibility index (Phi) is 3.85. The lowest BCUT2D eigenvalue weighted by molar-refractivity contribution is -0.134. The van der Waals surface area contributed by atoms with Gasteiger partial charge in [0, 0.05) is 30.9 Å². The van der Waals surface area contributed by atoms with Gasteiger partial charge in [0.05, 0.1) is 17.5 Å². The van der Waals surface area contributed by atoms with E-state index in [0.29, 0.717) is 25.1 Å². The van der Waals surface area contributed by atoms with E-state index in [4.69, 9.17) is 4.74 Å². The number of rotatable bonds is 3.